The van der Waals surface area contributed by atoms with Gasteiger partial charge in [0.2, 0.25) is 0 Å². The van der Waals surface area contributed by atoms with Crippen LogP contribution in [0.4, 0.5) is 0 Å². The van der Waals surface area contributed by atoms with Crippen molar-refractivity contribution in [3.63, 3.8) is 0 Å². The lowest BCUT2D eigenvalue weighted by molar-refractivity contribution is 1.04. The maximum absolute atomic E-state index is 4.59. The number of hydrogen-bond acceptors (Lipinski definition) is 2. The molecule has 0 aliphatic rings. The van der Waals surface area contributed by atoms with E-state index in [2.05, 4.69) is 90.4 Å². The van der Waals surface area contributed by atoms with Gasteiger partial charge in [0.25, 0.3) is 0 Å². The molecule has 1 aromatic carbocycles. The first-order valence-corrected chi connectivity index (χ1v) is 9.76. The average Bonchev–Trinajstić information content (AvgIpc) is 3.02. The van der Waals surface area contributed by atoms with Crippen LogP contribution in [0.2, 0.25) is 0 Å². The summed E-state index contributed by atoms with van der Waals surface area (Å²) in [5.74, 6) is 0. The van der Waals surface area contributed by atoms with Gasteiger partial charge in [0, 0.05) is 23.7 Å². The van der Waals surface area contributed by atoms with E-state index in [1.54, 1.807) is 6.20 Å². The summed E-state index contributed by atoms with van der Waals surface area (Å²) in [4.78, 5) is 8.88. The Kier molecular flexibility index (Phi) is 6.38. The highest BCUT2D eigenvalue weighted by Crippen LogP contribution is 2.28. The number of allylic oxidation sites excluding steroid dienone is 4. The summed E-state index contributed by atoms with van der Waals surface area (Å²) in [5.41, 5.74) is 8.08. The van der Waals surface area contributed by atoms with Crippen LogP contribution in [0.3, 0.4) is 0 Å². The molecule has 0 aliphatic carbocycles. The van der Waals surface area contributed by atoms with Gasteiger partial charge in [-0.3, -0.25) is 9.98 Å². The first-order chi connectivity index (χ1) is 13.7. The zero-order valence-corrected chi connectivity index (χ0v) is 16.9. The molecule has 3 heteroatoms. The molecule has 2 heterocycles. The summed E-state index contributed by atoms with van der Waals surface area (Å²) in [6.07, 6.45) is 11.6. The van der Waals surface area contributed by atoms with E-state index in [0.29, 0.717) is 0 Å². The van der Waals surface area contributed by atoms with Crippen molar-refractivity contribution in [3.05, 3.63) is 90.4 Å². The lowest BCUT2D eigenvalue weighted by atomic mass is 10.0. The van der Waals surface area contributed by atoms with Crippen LogP contribution in [-0.4, -0.2) is 15.8 Å². The molecule has 0 amide bonds. The van der Waals surface area contributed by atoms with Crippen LogP contribution in [0.1, 0.15) is 43.5 Å². The molecule has 0 radical (unpaired) electrons. The Hall–Kier alpha value is -3.20. The van der Waals surface area contributed by atoms with Gasteiger partial charge in [-0.05, 0) is 49.1 Å². The van der Waals surface area contributed by atoms with Crippen molar-refractivity contribution in [3.8, 4) is 0 Å². The monoisotopic (exact) mass is 369 g/mol. The summed E-state index contributed by atoms with van der Waals surface area (Å²) < 4.78 is 2.26. The molecule has 3 nitrogen and oxygen atoms in total. The van der Waals surface area contributed by atoms with Crippen LogP contribution < -0.4 is 0 Å². The summed E-state index contributed by atoms with van der Waals surface area (Å²) in [6.45, 7) is 10.2. The molecule has 0 fully saturated rings. The molecule has 0 unspecified atom stereocenters. The molecule has 142 valence electrons. The Morgan fingerprint density at radius 3 is 2.54 bits per heavy atom. The summed E-state index contributed by atoms with van der Waals surface area (Å²) in [6, 6.07) is 14.6. The Morgan fingerprint density at radius 1 is 1.07 bits per heavy atom. The van der Waals surface area contributed by atoms with Crippen molar-refractivity contribution in [2.24, 2.45) is 4.99 Å². The molecule has 0 aliphatic heterocycles. The second-order valence-electron chi connectivity index (χ2n) is 6.60. The van der Waals surface area contributed by atoms with E-state index < -0.39 is 0 Å². The second-order valence-corrected chi connectivity index (χ2v) is 6.60. The number of hydrogen-bond donors (Lipinski definition) is 0. The van der Waals surface area contributed by atoms with E-state index in [-0.39, 0.29) is 0 Å². The van der Waals surface area contributed by atoms with Crippen LogP contribution in [0.5, 0.6) is 0 Å². The molecule has 0 bridgehead atoms. The Labute approximate surface area is 167 Å². The van der Waals surface area contributed by atoms with Gasteiger partial charge in [-0.25, -0.2) is 0 Å². The Bertz CT molecular complexity index is 1050. The third kappa shape index (κ3) is 3.89. The van der Waals surface area contributed by atoms with E-state index in [4.69, 9.17) is 0 Å². The van der Waals surface area contributed by atoms with Crippen molar-refractivity contribution in [2.45, 2.75) is 33.6 Å². The largest absolute Gasteiger partial charge is 0.310 e. The fourth-order valence-electron chi connectivity index (χ4n) is 3.49. The molecule has 28 heavy (non-hydrogen) atoms. The standard InChI is InChI=1S/C25H27N3/c1-5-20(21-12-9-8-10-13-21)15-16-22(6-2)28-23-14-11-17-27-25(23)19(4)24(28)18-26-7-3/h7-18H,3,5-6H2,1-2,4H3/b20-15+,22-16+,26-18?. The van der Waals surface area contributed by atoms with Crippen molar-refractivity contribution in [1.82, 2.24) is 9.55 Å². The lowest BCUT2D eigenvalue weighted by Gasteiger charge is -2.12. The normalized spacial score (nSPS) is 12.8. The molecule has 3 rings (SSSR count). The van der Waals surface area contributed by atoms with Gasteiger partial charge in [-0.15, -0.1) is 0 Å². The maximum Gasteiger partial charge on any atom is 0.0920 e. The zero-order chi connectivity index (χ0) is 19.9. The van der Waals surface area contributed by atoms with E-state index in [1.807, 2.05) is 18.5 Å². The SMILES string of the molecule is C=CN=Cc1c(C)c2ncccc2n1/C(=C/C=C(\CC)c1ccccc1)CC. The molecule has 2 aromatic heterocycles. The summed E-state index contributed by atoms with van der Waals surface area (Å²) in [5, 5.41) is 0. The number of aromatic nitrogens is 2. The zero-order valence-electron chi connectivity index (χ0n) is 16.9. The van der Waals surface area contributed by atoms with E-state index >= 15 is 0 Å². The van der Waals surface area contributed by atoms with Crippen LogP contribution >= 0.6 is 0 Å². The fraction of sp³-hybridized carbons (Fsp3) is 0.200. The second kappa shape index (κ2) is 9.14. The highest BCUT2D eigenvalue weighted by Gasteiger charge is 2.15. The fourth-order valence-corrected chi connectivity index (χ4v) is 3.49. The highest BCUT2D eigenvalue weighted by atomic mass is 15.0. The summed E-state index contributed by atoms with van der Waals surface area (Å²) in [7, 11) is 0. The third-order valence-electron chi connectivity index (χ3n) is 4.96. The molecule has 3 aromatic rings. The number of aryl methyl sites for hydroxylation is 1. The number of benzene rings is 1. The van der Waals surface area contributed by atoms with Crippen molar-refractivity contribution >= 4 is 28.5 Å². The predicted molar refractivity (Wildman–Crippen MR) is 122 cm³/mol. The van der Waals surface area contributed by atoms with Crippen molar-refractivity contribution in [2.75, 3.05) is 0 Å². The van der Waals surface area contributed by atoms with Gasteiger partial charge in [0.15, 0.2) is 0 Å². The smallest absolute Gasteiger partial charge is 0.0920 e. The van der Waals surface area contributed by atoms with Gasteiger partial charge in [0.1, 0.15) is 0 Å². The first-order valence-electron chi connectivity index (χ1n) is 9.76. The maximum atomic E-state index is 4.59. The van der Waals surface area contributed by atoms with Gasteiger partial charge < -0.3 is 4.57 Å². The van der Waals surface area contributed by atoms with Crippen molar-refractivity contribution in [1.29, 1.82) is 0 Å². The Balaban J connectivity index is 2.18. The van der Waals surface area contributed by atoms with Crippen LogP contribution in [0, 0.1) is 6.92 Å². The number of fused-ring (bicyclic) bond motifs is 1. The van der Waals surface area contributed by atoms with Gasteiger partial charge >= 0.3 is 0 Å². The first kappa shape index (κ1) is 19.6. The molecular weight excluding hydrogens is 342 g/mol. The number of nitrogens with zero attached hydrogens (tertiary/aromatic N) is 3. The minimum atomic E-state index is 0.898. The van der Waals surface area contributed by atoms with Crippen molar-refractivity contribution < 1.29 is 0 Å². The van der Waals surface area contributed by atoms with E-state index in [9.17, 15) is 0 Å². The molecule has 0 atom stereocenters. The lowest BCUT2D eigenvalue weighted by Crippen LogP contribution is -2.02. The van der Waals surface area contributed by atoms with Crippen LogP contribution in [0.25, 0.3) is 22.3 Å². The topological polar surface area (TPSA) is 30.2 Å². The van der Waals surface area contributed by atoms with E-state index in [0.717, 1.165) is 35.1 Å². The molecule has 0 N–H and O–H groups in total. The molecule has 0 spiro atoms. The molecular formula is C25H27N3. The molecule has 0 saturated heterocycles. The minimum absolute atomic E-state index is 0.898. The molecule has 0 saturated carbocycles. The number of pyridine rings is 1. The van der Waals surface area contributed by atoms with E-state index in [1.165, 1.54) is 16.8 Å². The summed E-state index contributed by atoms with van der Waals surface area (Å²) >= 11 is 0. The quantitative estimate of drug-likeness (QED) is 0.339. The predicted octanol–water partition coefficient (Wildman–Crippen LogP) is 6.65. The Morgan fingerprint density at radius 2 is 1.86 bits per heavy atom. The van der Waals surface area contributed by atoms with Gasteiger partial charge in [0.05, 0.1) is 22.9 Å². The highest BCUT2D eigenvalue weighted by molar-refractivity contribution is 5.95. The average molecular weight is 370 g/mol. The van der Waals surface area contributed by atoms with Crippen LogP contribution in [-0.2, 0) is 0 Å². The number of aliphatic imine (C=N–C) groups is 1. The van der Waals surface area contributed by atoms with Gasteiger partial charge in [-0.2, -0.15) is 0 Å². The van der Waals surface area contributed by atoms with Crippen LogP contribution in [0.15, 0.2) is 78.6 Å². The van der Waals surface area contributed by atoms with Gasteiger partial charge in [-0.1, -0.05) is 56.8 Å². The third-order valence-corrected chi connectivity index (χ3v) is 4.96. The number of rotatable bonds is 7. The minimum Gasteiger partial charge on any atom is -0.310 e.